The number of rotatable bonds is 8. The highest BCUT2D eigenvalue weighted by Crippen LogP contribution is 2.23. The molecule has 0 aromatic heterocycles. The molecular weight excluding hydrogens is 301 g/mol. The molecule has 0 fully saturated rings. The fourth-order valence-electron chi connectivity index (χ4n) is 1.51. The summed E-state index contributed by atoms with van der Waals surface area (Å²) in [6, 6.07) is 4.64. The molecule has 1 unspecified atom stereocenters. The van der Waals surface area contributed by atoms with E-state index in [1.54, 1.807) is 19.2 Å². The molecule has 0 amide bonds. The Morgan fingerprint density at radius 2 is 2.22 bits per heavy atom. The van der Waals surface area contributed by atoms with Crippen LogP contribution in [0.2, 0.25) is 0 Å². The molecule has 0 bridgehead atoms. The predicted molar refractivity (Wildman–Crippen MR) is 73.6 cm³/mol. The highest BCUT2D eigenvalue weighted by Gasteiger charge is 2.13. The van der Waals surface area contributed by atoms with Gasteiger partial charge in [0.05, 0.1) is 6.61 Å². The number of ether oxygens (including phenoxy) is 2. The Bertz CT molecular complexity index is 363. The lowest BCUT2D eigenvalue weighted by molar-refractivity contribution is 0.0780. The smallest absolute Gasteiger partial charge is 0.165 e. The maximum atomic E-state index is 13.6. The third-order valence-electron chi connectivity index (χ3n) is 2.34. The van der Waals surface area contributed by atoms with Gasteiger partial charge < -0.3 is 14.8 Å². The summed E-state index contributed by atoms with van der Waals surface area (Å²) in [6.45, 7) is 4.05. The van der Waals surface area contributed by atoms with Crippen molar-refractivity contribution in [1.82, 2.24) is 5.32 Å². The molecule has 102 valence electrons. The SMILES string of the molecule is CCCNCC(COC)Oc1cc(Br)ccc1F. The maximum Gasteiger partial charge on any atom is 0.165 e. The van der Waals surface area contributed by atoms with Crippen LogP contribution in [0.1, 0.15) is 13.3 Å². The van der Waals surface area contributed by atoms with Crippen LogP contribution < -0.4 is 10.1 Å². The van der Waals surface area contributed by atoms with Crippen LogP contribution in [0.15, 0.2) is 22.7 Å². The topological polar surface area (TPSA) is 30.5 Å². The molecule has 0 saturated heterocycles. The molecule has 0 aliphatic rings. The molecule has 0 spiro atoms. The standard InChI is InChI=1S/C13H19BrFNO2/c1-3-6-16-8-11(9-17-2)18-13-7-10(14)4-5-12(13)15/h4-5,7,11,16H,3,6,8-9H2,1-2H3. The van der Waals surface area contributed by atoms with E-state index in [0.29, 0.717) is 13.2 Å². The molecular formula is C13H19BrFNO2. The normalized spacial score (nSPS) is 12.4. The van der Waals surface area contributed by atoms with Gasteiger partial charge in [0.1, 0.15) is 6.10 Å². The van der Waals surface area contributed by atoms with Gasteiger partial charge in [0, 0.05) is 18.1 Å². The molecule has 0 radical (unpaired) electrons. The van der Waals surface area contributed by atoms with E-state index in [1.165, 1.54) is 6.07 Å². The van der Waals surface area contributed by atoms with Crippen molar-refractivity contribution < 1.29 is 13.9 Å². The predicted octanol–water partition coefficient (Wildman–Crippen LogP) is 2.98. The van der Waals surface area contributed by atoms with Gasteiger partial charge in [0.15, 0.2) is 11.6 Å². The third-order valence-corrected chi connectivity index (χ3v) is 2.83. The summed E-state index contributed by atoms with van der Waals surface area (Å²) < 4.78 is 25.0. The summed E-state index contributed by atoms with van der Waals surface area (Å²) in [5.41, 5.74) is 0. The van der Waals surface area contributed by atoms with Crippen LogP contribution in [-0.4, -0.2) is 32.9 Å². The van der Waals surface area contributed by atoms with Gasteiger partial charge in [-0.3, -0.25) is 0 Å². The summed E-state index contributed by atoms with van der Waals surface area (Å²) in [5, 5.41) is 3.24. The molecule has 0 heterocycles. The molecule has 5 heteroatoms. The van der Waals surface area contributed by atoms with Crippen molar-refractivity contribution in [3.63, 3.8) is 0 Å². The molecule has 0 aliphatic carbocycles. The van der Waals surface area contributed by atoms with Gasteiger partial charge in [-0.1, -0.05) is 22.9 Å². The van der Waals surface area contributed by atoms with Crippen LogP contribution in [0.4, 0.5) is 4.39 Å². The van der Waals surface area contributed by atoms with Crippen LogP contribution in [-0.2, 0) is 4.74 Å². The van der Waals surface area contributed by atoms with Gasteiger partial charge in [0.2, 0.25) is 0 Å². The Hall–Kier alpha value is -0.650. The molecule has 1 atom stereocenters. The quantitative estimate of drug-likeness (QED) is 0.747. The van der Waals surface area contributed by atoms with Gasteiger partial charge in [-0.15, -0.1) is 0 Å². The van der Waals surface area contributed by atoms with E-state index in [-0.39, 0.29) is 17.7 Å². The highest BCUT2D eigenvalue weighted by molar-refractivity contribution is 9.10. The van der Waals surface area contributed by atoms with Crippen LogP contribution in [0, 0.1) is 5.82 Å². The molecule has 1 N–H and O–H groups in total. The van der Waals surface area contributed by atoms with Crippen molar-refractivity contribution in [2.24, 2.45) is 0 Å². The number of hydrogen-bond donors (Lipinski definition) is 1. The second-order valence-corrected chi connectivity index (χ2v) is 4.89. The Labute approximate surface area is 116 Å². The summed E-state index contributed by atoms with van der Waals surface area (Å²) in [5.74, 6) is -0.125. The number of methoxy groups -OCH3 is 1. The average molecular weight is 320 g/mol. The van der Waals surface area contributed by atoms with Crippen LogP contribution in [0.5, 0.6) is 5.75 Å². The summed E-state index contributed by atoms with van der Waals surface area (Å²) in [7, 11) is 1.60. The average Bonchev–Trinajstić information content (AvgIpc) is 2.34. The number of nitrogens with one attached hydrogen (secondary N) is 1. The number of benzene rings is 1. The van der Waals surface area contributed by atoms with Gasteiger partial charge in [0.25, 0.3) is 0 Å². The fourth-order valence-corrected chi connectivity index (χ4v) is 1.85. The van der Waals surface area contributed by atoms with E-state index >= 15 is 0 Å². The molecule has 0 aliphatic heterocycles. The van der Waals surface area contributed by atoms with E-state index < -0.39 is 0 Å². The summed E-state index contributed by atoms with van der Waals surface area (Å²) >= 11 is 3.30. The highest BCUT2D eigenvalue weighted by atomic mass is 79.9. The van der Waals surface area contributed by atoms with Crippen molar-refractivity contribution in [1.29, 1.82) is 0 Å². The van der Waals surface area contributed by atoms with Crippen molar-refractivity contribution in [3.8, 4) is 5.75 Å². The van der Waals surface area contributed by atoms with Crippen molar-refractivity contribution in [3.05, 3.63) is 28.5 Å². The van der Waals surface area contributed by atoms with Crippen LogP contribution in [0.25, 0.3) is 0 Å². The van der Waals surface area contributed by atoms with E-state index in [1.807, 2.05) is 0 Å². The Kier molecular flexibility index (Phi) is 7.23. The third kappa shape index (κ3) is 5.33. The minimum Gasteiger partial charge on any atom is -0.484 e. The van der Waals surface area contributed by atoms with E-state index in [0.717, 1.165) is 17.4 Å². The lowest BCUT2D eigenvalue weighted by Crippen LogP contribution is -2.35. The van der Waals surface area contributed by atoms with Crippen molar-refractivity contribution >= 4 is 15.9 Å². The summed E-state index contributed by atoms with van der Waals surface area (Å²) in [6.07, 6.45) is 0.843. The van der Waals surface area contributed by atoms with E-state index in [9.17, 15) is 4.39 Å². The van der Waals surface area contributed by atoms with Crippen LogP contribution in [0.3, 0.4) is 0 Å². The lowest BCUT2D eigenvalue weighted by atomic mass is 10.3. The zero-order chi connectivity index (χ0) is 13.4. The first-order chi connectivity index (χ1) is 8.67. The van der Waals surface area contributed by atoms with Crippen molar-refractivity contribution in [2.45, 2.75) is 19.4 Å². The lowest BCUT2D eigenvalue weighted by Gasteiger charge is -2.19. The zero-order valence-electron chi connectivity index (χ0n) is 10.7. The molecule has 1 rings (SSSR count). The monoisotopic (exact) mass is 319 g/mol. The van der Waals surface area contributed by atoms with E-state index in [2.05, 4.69) is 28.2 Å². The molecule has 3 nitrogen and oxygen atoms in total. The number of halogens is 2. The minimum absolute atomic E-state index is 0.203. The largest absolute Gasteiger partial charge is 0.484 e. The van der Waals surface area contributed by atoms with Gasteiger partial charge in [-0.25, -0.2) is 4.39 Å². The number of hydrogen-bond acceptors (Lipinski definition) is 3. The fraction of sp³-hybridized carbons (Fsp3) is 0.538. The maximum absolute atomic E-state index is 13.6. The first kappa shape index (κ1) is 15.4. The molecule has 18 heavy (non-hydrogen) atoms. The van der Waals surface area contributed by atoms with Gasteiger partial charge in [-0.2, -0.15) is 0 Å². The second kappa shape index (κ2) is 8.45. The summed E-state index contributed by atoms with van der Waals surface area (Å²) in [4.78, 5) is 0. The first-order valence-electron chi connectivity index (χ1n) is 5.98. The van der Waals surface area contributed by atoms with Crippen molar-refractivity contribution in [2.75, 3.05) is 26.8 Å². The first-order valence-corrected chi connectivity index (χ1v) is 6.78. The zero-order valence-corrected chi connectivity index (χ0v) is 12.3. The minimum atomic E-state index is -0.366. The Morgan fingerprint density at radius 1 is 1.44 bits per heavy atom. The van der Waals surface area contributed by atoms with Gasteiger partial charge in [-0.05, 0) is 31.2 Å². The van der Waals surface area contributed by atoms with Crippen LogP contribution >= 0.6 is 15.9 Å². The van der Waals surface area contributed by atoms with E-state index in [4.69, 9.17) is 9.47 Å². The Morgan fingerprint density at radius 3 is 2.89 bits per heavy atom. The second-order valence-electron chi connectivity index (χ2n) is 3.97. The Balaban J connectivity index is 2.60. The molecule has 1 aromatic rings. The molecule has 1 aromatic carbocycles. The molecule has 0 saturated carbocycles. The van der Waals surface area contributed by atoms with Gasteiger partial charge >= 0.3 is 0 Å².